The van der Waals surface area contributed by atoms with Gasteiger partial charge in [0.15, 0.2) is 0 Å². The fraction of sp³-hybridized carbons (Fsp3) is 0.643. The Morgan fingerprint density at radius 1 is 1.50 bits per heavy atom. The smallest absolute Gasteiger partial charge is 0.254 e. The highest BCUT2D eigenvalue weighted by Gasteiger charge is 2.27. The molecule has 1 fully saturated rings. The standard InChI is InChI=1S/C14H21N3O/c1-9(2)6-7-15-14(18)12-8-16-13(11-4-5-11)17-10(12)3/h8-9,11H,4-7H2,1-3H3,(H,15,18). The van der Waals surface area contributed by atoms with Gasteiger partial charge >= 0.3 is 0 Å². The Balaban J connectivity index is 1.97. The van der Waals surface area contributed by atoms with E-state index < -0.39 is 0 Å². The van der Waals surface area contributed by atoms with Crippen molar-refractivity contribution in [2.24, 2.45) is 5.92 Å². The third-order valence-electron chi connectivity index (χ3n) is 3.19. The Labute approximate surface area is 108 Å². The van der Waals surface area contributed by atoms with Crippen LogP contribution in [0.2, 0.25) is 0 Å². The fourth-order valence-corrected chi connectivity index (χ4v) is 1.82. The van der Waals surface area contributed by atoms with E-state index in [2.05, 4.69) is 29.1 Å². The molecule has 0 spiro atoms. The molecule has 0 aromatic carbocycles. The van der Waals surface area contributed by atoms with Gasteiger partial charge in [-0.1, -0.05) is 13.8 Å². The SMILES string of the molecule is Cc1nc(C2CC2)ncc1C(=O)NCCC(C)C. The van der Waals surface area contributed by atoms with Crippen LogP contribution in [-0.4, -0.2) is 22.4 Å². The lowest BCUT2D eigenvalue weighted by atomic mass is 10.1. The van der Waals surface area contributed by atoms with Gasteiger partial charge in [0.1, 0.15) is 5.82 Å². The van der Waals surface area contributed by atoms with Crippen LogP contribution in [0.1, 0.15) is 60.9 Å². The molecule has 0 aliphatic heterocycles. The van der Waals surface area contributed by atoms with Crippen LogP contribution in [0.25, 0.3) is 0 Å². The summed E-state index contributed by atoms with van der Waals surface area (Å²) in [7, 11) is 0. The highest BCUT2D eigenvalue weighted by atomic mass is 16.1. The molecular formula is C14H21N3O. The first-order valence-electron chi connectivity index (χ1n) is 6.69. The second-order valence-electron chi connectivity index (χ2n) is 5.44. The Kier molecular flexibility index (Phi) is 3.94. The minimum absolute atomic E-state index is 0.0597. The molecule has 1 heterocycles. The second kappa shape index (κ2) is 5.46. The van der Waals surface area contributed by atoms with Gasteiger partial charge in [-0.15, -0.1) is 0 Å². The summed E-state index contributed by atoms with van der Waals surface area (Å²) in [6.07, 6.45) is 5.02. The molecule has 0 bridgehead atoms. The van der Waals surface area contributed by atoms with E-state index in [4.69, 9.17) is 0 Å². The topological polar surface area (TPSA) is 54.9 Å². The van der Waals surface area contributed by atoms with Gasteiger partial charge in [0.2, 0.25) is 0 Å². The molecular weight excluding hydrogens is 226 g/mol. The number of nitrogens with zero attached hydrogens (tertiary/aromatic N) is 2. The first kappa shape index (κ1) is 13.0. The van der Waals surface area contributed by atoms with Gasteiger partial charge in [-0.3, -0.25) is 4.79 Å². The normalized spacial score (nSPS) is 14.9. The van der Waals surface area contributed by atoms with E-state index in [9.17, 15) is 4.79 Å². The largest absolute Gasteiger partial charge is 0.352 e. The summed E-state index contributed by atoms with van der Waals surface area (Å²) in [6.45, 7) is 6.88. The van der Waals surface area contributed by atoms with Crippen molar-refractivity contribution in [3.63, 3.8) is 0 Å². The van der Waals surface area contributed by atoms with Gasteiger partial charge in [0.05, 0.1) is 11.3 Å². The second-order valence-corrected chi connectivity index (χ2v) is 5.44. The Morgan fingerprint density at radius 3 is 2.78 bits per heavy atom. The minimum Gasteiger partial charge on any atom is -0.352 e. The summed E-state index contributed by atoms with van der Waals surface area (Å²) < 4.78 is 0. The molecule has 0 saturated heterocycles. The zero-order valence-electron chi connectivity index (χ0n) is 11.4. The zero-order chi connectivity index (χ0) is 13.1. The fourth-order valence-electron chi connectivity index (χ4n) is 1.82. The molecule has 0 atom stereocenters. The molecule has 98 valence electrons. The van der Waals surface area contributed by atoms with Gasteiger partial charge in [-0.2, -0.15) is 0 Å². The van der Waals surface area contributed by atoms with Crippen molar-refractivity contribution in [1.82, 2.24) is 15.3 Å². The van der Waals surface area contributed by atoms with Gasteiger partial charge in [0.25, 0.3) is 5.91 Å². The lowest BCUT2D eigenvalue weighted by molar-refractivity contribution is 0.0950. The van der Waals surface area contributed by atoms with Gasteiger partial charge in [-0.05, 0) is 32.1 Å². The molecule has 0 radical (unpaired) electrons. The number of amides is 1. The summed E-state index contributed by atoms with van der Waals surface area (Å²) in [5.41, 5.74) is 1.39. The highest BCUT2D eigenvalue weighted by molar-refractivity contribution is 5.94. The third-order valence-corrected chi connectivity index (χ3v) is 3.19. The van der Waals surface area contributed by atoms with Gasteiger partial charge in [-0.25, -0.2) is 9.97 Å². The van der Waals surface area contributed by atoms with E-state index in [-0.39, 0.29) is 5.91 Å². The van der Waals surface area contributed by atoms with Gasteiger partial charge in [0, 0.05) is 18.7 Å². The number of rotatable bonds is 5. The summed E-state index contributed by atoms with van der Waals surface area (Å²) in [4.78, 5) is 20.7. The van der Waals surface area contributed by atoms with Crippen LogP contribution in [0.15, 0.2) is 6.20 Å². The van der Waals surface area contributed by atoms with Crippen molar-refractivity contribution in [2.45, 2.75) is 46.0 Å². The monoisotopic (exact) mass is 247 g/mol. The molecule has 0 unspecified atom stereocenters. The average molecular weight is 247 g/mol. The number of aryl methyl sites for hydroxylation is 1. The highest BCUT2D eigenvalue weighted by Crippen LogP contribution is 2.37. The number of carbonyl (C=O) groups is 1. The van der Waals surface area contributed by atoms with Crippen molar-refractivity contribution in [2.75, 3.05) is 6.54 Å². The number of nitrogens with one attached hydrogen (secondary N) is 1. The minimum atomic E-state index is -0.0597. The lowest BCUT2D eigenvalue weighted by Gasteiger charge is -2.09. The molecule has 1 aliphatic rings. The van der Waals surface area contributed by atoms with Gasteiger partial charge < -0.3 is 5.32 Å². The summed E-state index contributed by atoms with van der Waals surface area (Å²) in [6, 6.07) is 0. The number of aromatic nitrogens is 2. The van der Waals surface area contributed by atoms with E-state index in [1.54, 1.807) is 6.20 Å². The van der Waals surface area contributed by atoms with Crippen LogP contribution in [0, 0.1) is 12.8 Å². The summed E-state index contributed by atoms with van der Waals surface area (Å²) in [5, 5.41) is 2.92. The van der Waals surface area contributed by atoms with Crippen molar-refractivity contribution in [3.05, 3.63) is 23.3 Å². The van der Waals surface area contributed by atoms with Crippen molar-refractivity contribution in [3.8, 4) is 0 Å². The average Bonchev–Trinajstić information content (AvgIpc) is 3.11. The molecule has 2 rings (SSSR count). The molecule has 4 heteroatoms. The first-order valence-corrected chi connectivity index (χ1v) is 6.69. The Hall–Kier alpha value is -1.45. The number of hydrogen-bond donors (Lipinski definition) is 1. The maximum Gasteiger partial charge on any atom is 0.254 e. The third kappa shape index (κ3) is 3.28. The number of carbonyl (C=O) groups excluding carboxylic acids is 1. The van der Waals surface area contributed by atoms with Crippen LogP contribution in [0.3, 0.4) is 0 Å². The molecule has 1 amide bonds. The summed E-state index contributed by atoms with van der Waals surface area (Å²) in [5.74, 6) is 1.96. The lowest BCUT2D eigenvalue weighted by Crippen LogP contribution is -2.26. The van der Waals surface area contributed by atoms with Crippen LogP contribution in [0.5, 0.6) is 0 Å². The quantitative estimate of drug-likeness (QED) is 0.869. The molecule has 1 aliphatic carbocycles. The van der Waals surface area contributed by atoms with E-state index in [0.29, 0.717) is 23.9 Å². The molecule has 1 aromatic heterocycles. The van der Waals surface area contributed by atoms with E-state index in [1.165, 1.54) is 12.8 Å². The van der Waals surface area contributed by atoms with Crippen LogP contribution in [0.4, 0.5) is 0 Å². The maximum atomic E-state index is 12.0. The molecule has 1 aromatic rings. The van der Waals surface area contributed by atoms with Crippen molar-refractivity contribution < 1.29 is 4.79 Å². The van der Waals surface area contributed by atoms with E-state index in [0.717, 1.165) is 17.9 Å². The first-order chi connectivity index (χ1) is 8.58. The molecule has 1 saturated carbocycles. The number of hydrogen-bond acceptors (Lipinski definition) is 3. The van der Waals surface area contributed by atoms with Crippen LogP contribution >= 0.6 is 0 Å². The van der Waals surface area contributed by atoms with E-state index in [1.807, 2.05) is 6.92 Å². The van der Waals surface area contributed by atoms with Crippen molar-refractivity contribution >= 4 is 5.91 Å². The molecule has 18 heavy (non-hydrogen) atoms. The predicted octanol–water partition coefficient (Wildman–Crippen LogP) is 2.44. The zero-order valence-corrected chi connectivity index (χ0v) is 11.4. The predicted molar refractivity (Wildman–Crippen MR) is 70.5 cm³/mol. The van der Waals surface area contributed by atoms with E-state index >= 15 is 0 Å². The molecule has 4 nitrogen and oxygen atoms in total. The Morgan fingerprint density at radius 2 is 2.22 bits per heavy atom. The Bertz CT molecular complexity index is 439. The molecule has 1 N–H and O–H groups in total. The summed E-state index contributed by atoms with van der Waals surface area (Å²) >= 11 is 0. The maximum absolute atomic E-state index is 12.0. The van der Waals surface area contributed by atoms with Crippen LogP contribution < -0.4 is 5.32 Å². The van der Waals surface area contributed by atoms with Crippen LogP contribution in [-0.2, 0) is 0 Å². The van der Waals surface area contributed by atoms with Crippen molar-refractivity contribution in [1.29, 1.82) is 0 Å².